The number of rotatable bonds is 8. The molecular weight excluding hydrogens is 775 g/mol. The van der Waals surface area contributed by atoms with E-state index in [1.54, 1.807) is 18.1 Å². The van der Waals surface area contributed by atoms with Gasteiger partial charge in [-0.1, -0.05) is 45.1 Å². The molecule has 59 heavy (non-hydrogen) atoms. The average Bonchev–Trinajstić information content (AvgIpc) is 4.14. The summed E-state index contributed by atoms with van der Waals surface area (Å²) in [7, 11) is -2.27. The number of methoxy groups -OCH3 is 1. The molecule has 7 aliphatic rings. The molecule has 2 aromatic rings. The van der Waals surface area contributed by atoms with Crippen molar-refractivity contribution in [2.45, 2.75) is 151 Å². The molecule has 0 unspecified atom stereocenters. The summed E-state index contributed by atoms with van der Waals surface area (Å²) in [6.07, 6.45) is 12.6. The van der Waals surface area contributed by atoms with E-state index in [2.05, 4.69) is 21.9 Å². The molecule has 1 aromatic carbocycles. The largest absolute Gasteiger partial charge is 0.497 e. The molecule has 4 saturated carbocycles. The molecule has 3 bridgehead atoms. The van der Waals surface area contributed by atoms with Crippen molar-refractivity contribution in [1.82, 2.24) is 25.2 Å². The van der Waals surface area contributed by atoms with E-state index in [1.165, 1.54) is 0 Å². The van der Waals surface area contributed by atoms with Crippen LogP contribution < -0.4 is 24.8 Å². The fourth-order valence-corrected chi connectivity index (χ4v) is 11.9. The van der Waals surface area contributed by atoms with Crippen LogP contribution in [0.25, 0.3) is 10.9 Å². The second-order valence-electron chi connectivity index (χ2n) is 18.7. The summed E-state index contributed by atoms with van der Waals surface area (Å²) in [6, 6.07) is 3.78. The number of hydrogen-bond donors (Lipinski definition) is 3. The van der Waals surface area contributed by atoms with Crippen LogP contribution in [0.1, 0.15) is 114 Å². The number of aryl methyl sites for hydroxylation is 2. The second-order valence-corrected chi connectivity index (χ2v) is 20.7. The molecule has 1 saturated heterocycles. The number of aromatic nitrogens is 1. The second kappa shape index (κ2) is 14.9. The van der Waals surface area contributed by atoms with Gasteiger partial charge in [0.05, 0.1) is 30.1 Å². The Morgan fingerprint density at radius 1 is 1.03 bits per heavy atom. The van der Waals surface area contributed by atoms with Crippen LogP contribution in [0.3, 0.4) is 0 Å². The molecule has 1 spiro atoms. The molecule has 4 aliphatic carbocycles. The first-order valence-corrected chi connectivity index (χ1v) is 23.3. The Morgan fingerprint density at radius 3 is 2.54 bits per heavy atom. The van der Waals surface area contributed by atoms with Gasteiger partial charge in [-0.2, -0.15) is 0 Å². The summed E-state index contributed by atoms with van der Waals surface area (Å²) >= 11 is 0. The number of hydrogen-bond acceptors (Lipinski definition) is 10. The van der Waals surface area contributed by atoms with Gasteiger partial charge < -0.3 is 29.7 Å². The van der Waals surface area contributed by atoms with E-state index < -0.39 is 73.6 Å². The Kier molecular flexibility index (Phi) is 10.1. The maximum absolute atomic E-state index is 15.3. The lowest BCUT2D eigenvalue weighted by Crippen LogP contribution is -2.61. The molecule has 0 radical (unpaired) electrons. The average molecular weight is 832 g/mol. The van der Waals surface area contributed by atoms with Gasteiger partial charge in [0.15, 0.2) is 0 Å². The third-order valence-electron chi connectivity index (χ3n) is 14.5. The van der Waals surface area contributed by atoms with Crippen LogP contribution in [-0.4, -0.2) is 90.3 Å². The molecule has 1 aromatic heterocycles. The van der Waals surface area contributed by atoms with Gasteiger partial charge in [0.1, 0.15) is 40.8 Å². The van der Waals surface area contributed by atoms with Crippen molar-refractivity contribution >= 4 is 44.7 Å². The Labute approximate surface area is 346 Å². The van der Waals surface area contributed by atoms with Gasteiger partial charge >= 0.3 is 6.09 Å². The van der Waals surface area contributed by atoms with Crippen LogP contribution in [0.2, 0.25) is 0 Å². The van der Waals surface area contributed by atoms with Crippen molar-refractivity contribution in [3.05, 3.63) is 42.1 Å². The number of pyridine rings is 1. The van der Waals surface area contributed by atoms with E-state index in [-0.39, 0.29) is 31.4 Å². The number of carbonyl (C=O) groups excluding carboxylic acids is 4. The summed E-state index contributed by atoms with van der Waals surface area (Å²) < 4.78 is 46.7. The first kappa shape index (κ1) is 40.0. The smallest absolute Gasteiger partial charge is 0.408 e. The third kappa shape index (κ3) is 7.54. The first-order valence-electron chi connectivity index (χ1n) is 21.7. The van der Waals surface area contributed by atoms with Crippen LogP contribution in [-0.2, 0) is 42.0 Å². The zero-order valence-corrected chi connectivity index (χ0v) is 35.0. The van der Waals surface area contributed by atoms with Gasteiger partial charge in [-0.05, 0) is 100 Å². The first-order chi connectivity index (χ1) is 28.3. The SMILES string of the molecule is C=C[C@@H]1C[C@]1(NC(=O)[C@@H]1C[C@]23CCc4c(c(nc5ccc(OC)cc45)CCCCC[C@@H]4C[C@H]4OC(=O)N[C@@H](C4(C)CCCCC4)C(=O)N1C2)O3)C(=O)NS(=O)(=O)C1CC1. The Bertz CT molecular complexity index is 2190. The molecular formula is C44H57N5O9S. The van der Waals surface area contributed by atoms with Crippen LogP contribution >= 0.6 is 0 Å². The number of ether oxygens (including phenoxy) is 3. The highest BCUT2D eigenvalue weighted by atomic mass is 32.2. The molecule has 3 aliphatic heterocycles. The summed E-state index contributed by atoms with van der Waals surface area (Å²) in [4.78, 5) is 64.3. The molecule has 318 valence electrons. The van der Waals surface area contributed by atoms with Gasteiger partial charge in [0, 0.05) is 23.3 Å². The molecule has 5 fully saturated rings. The summed E-state index contributed by atoms with van der Waals surface area (Å²) in [5, 5.41) is 6.26. The highest BCUT2D eigenvalue weighted by Gasteiger charge is 2.63. The number of amides is 4. The highest BCUT2D eigenvalue weighted by Crippen LogP contribution is 2.49. The molecule has 7 atom stereocenters. The highest BCUT2D eigenvalue weighted by molar-refractivity contribution is 7.91. The van der Waals surface area contributed by atoms with Crippen molar-refractivity contribution in [3.8, 4) is 11.5 Å². The Morgan fingerprint density at radius 2 is 1.81 bits per heavy atom. The number of nitrogens with zero attached hydrogens (tertiary/aromatic N) is 2. The van der Waals surface area contributed by atoms with Crippen molar-refractivity contribution < 1.29 is 41.8 Å². The summed E-state index contributed by atoms with van der Waals surface area (Å²) in [5.74, 6) is -0.630. The molecule has 14 nitrogen and oxygen atoms in total. The van der Waals surface area contributed by atoms with E-state index in [1.807, 2.05) is 25.1 Å². The predicted octanol–water partition coefficient (Wildman–Crippen LogP) is 5.15. The normalized spacial score (nSPS) is 32.8. The number of benzene rings is 1. The fraction of sp³-hybridized carbons (Fsp3) is 0.659. The molecule has 9 rings (SSSR count). The number of carbonyl (C=O) groups is 4. The van der Waals surface area contributed by atoms with Crippen molar-refractivity contribution in [3.63, 3.8) is 0 Å². The lowest BCUT2D eigenvalue weighted by molar-refractivity contribution is -0.144. The number of fused-ring (bicyclic) bond motifs is 4. The fourth-order valence-electron chi connectivity index (χ4n) is 10.5. The molecule has 3 N–H and O–H groups in total. The lowest BCUT2D eigenvalue weighted by Gasteiger charge is -2.42. The maximum Gasteiger partial charge on any atom is 0.408 e. The topological polar surface area (TPSA) is 182 Å². The zero-order valence-electron chi connectivity index (χ0n) is 34.2. The van der Waals surface area contributed by atoms with Crippen LogP contribution in [0.5, 0.6) is 11.5 Å². The van der Waals surface area contributed by atoms with E-state index in [9.17, 15) is 22.8 Å². The van der Waals surface area contributed by atoms with Crippen molar-refractivity contribution in [2.75, 3.05) is 13.7 Å². The molecule has 4 heterocycles. The monoisotopic (exact) mass is 831 g/mol. The summed E-state index contributed by atoms with van der Waals surface area (Å²) in [5.41, 5.74) is -0.420. The number of alkyl carbamates (subject to hydrolysis) is 1. The third-order valence-corrected chi connectivity index (χ3v) is 16.3. The minimum atomic E-state index is -3.90. The van der Waals surface area contributed by atoms with Crippen molar-refractivity contribution in [2.24, 2.45) is 17.3 Å². The minimum absolute atomic E-state index is 0.0626. The number of sulfonamides is 1. The van der Waals surface area contributed by atoms with Crippen LogP contribution in [0, 0.1) is 17.3 Å². The van der Waals surface area contributed by atoms with Gasteiger partial charge in [-0.15, -0.1) is 6.58 Å². The molecule has 4 amide bonds. The zero-order chi connectivity index (χ0) is 41.3. The van der Waals surface area contributed by atoms with Gasteiger partial charge in [-0.25, -0.2) is 18.2 Å². The van der Waals surface area contributed by atoms with E-state index in [4.69, 9.17) is 19.2 Å². The van der Waals surface area contributed by atoms with Gasteiger partial charge in [-0.3, -0.25) is 19.1 Å². The quantitative estimate of drug-likeness (QED) is 0.301. The van der Waals surface area contributed by atoms with Crippen LogP contribution in [0.15, 0.2) is 30.9 Å². The van der Waals surface area contributed by atoms with Gasteiger partial charge in [0.25, 0.3) is 5.91 Å². The minimum Gasteiger partial charge on any atom is -0.497 e. The standard InChI is InChI=1S/C44H57N5O9S/c1-4-27-23-44(27,40(52)48-59(54,55)29-14-15-29)47-38(50)34-24-43-20-17-30-31-22-28(56-3)13-16-32(31)45-33(36(30)58-43)12-8-5-7-11-26-21-35(26)57-41(53)46-37(39(51)49(34)25-43)42(2)18-9-6-10-19-42/h4,13,16,22,26-27,29,34-35,37H,1,5-12,14-15,17-21,23-25H2,2-3H3,(H,46,53)(H,47,50)(H,48,52)/t26-,27-,34+,35-,37-,43-,44-/m1/s1. The summed E-state index contributed by atoms with van der Waals surface area (Å²) in [6.45, 7) is 5.95. The Balaban J connectivity index is 1.10. The lowest BCUT2D eigenvalue weighted by atomic mass is 9.70. The van der Waals surface area contributed by atoms with Gasteiger partial charge in [0.2, 0.25) is 21.8 Å². The predicted molar refractivity (Wildman–Crippen MR) is 218 cm³/mol. The van der Waals surface area contributed by atoms with E-state index in [0.717, 1.165) is 73.5 Å². The number of nitrogens with one attached hydrogen (secondary N) is 3. The Hall–Kier alpha value is -4.40. The van der Waals surface area contributed by atoms with Crippen molar-refractivity contribution in [1.29, 1.82) is 0 Å². The molecule has 15 heteroatoms. The van der Waals surface area contributed by atoms with E-state index >= 15 is 4.79 Å². The van der Waals surface area contributed by atoms with E-state index in [0.29, 0.717) is 56.4 Å². The van der Waals surface area contributed by atoms with Crippen LogP contribution in [0.4, 0.5) is 4.79 Å². The maximum atomic E-state index is 15.3.